The normalized spacial score (nSPS) is 17.1. The first-order valence-electron chi connectivity index (χ1n) is 11.1. The molecule has 11 heteroatoms. The number of halogens is 2. The Morgan fingerprint density at radius 3 is 2.83 bits per heavy atom. The van der Waals surface area contributed by atoms with Crippen molar-refractivity contribution in [3.63, 3.8) is 0 Å². The molecule has 0 aliphatic carbocycles. The predicted molar refractivity (Wildman–Crippen MR) is 134 cm³/mol. The van der Waals surface area contributed by atoms with Crippen LogP contribution in [0.4, 0.5) is 10.2 Å². The lowest BCUT2D eigenvalue weighted by Crippen LogP contribution is -2.37. The van der Waals surface area contributed by atoms with Crippen molar-refractivity contribution in [3.8, 4) is 11.8 Å². The van der Waals surface area contributed by atoms with E-state index in [2.05, 4.69) is 33.8 Å². The van der Waals surface area contributed by atoms with Crippen molar-refractivity contribution in [1.82, 2.24) is 19.7 Å². The van der Waals surface area contributed by atoms with Crippen molar-refractivity contribution in [2.75, 3.05) is 32.6 Å². The number of benzene rings is 1. The van der Waals surface area contributed by atoms with Crippen LogP contribution in [0.3, 0.4) is 0 Å². The number of aromatic nitrogens is 3. The van der Waals surface area contributed by atoms with Gasteiger partial charge in [0.1, 0.15) is 17.2 Å². The maximum Gasteiger partial charge on any atom is 0.255 e. The average molecular weight is 511 g/mol. The van der Waals surface area contributed by atoms with Gasteiger partial charge in [-0.1, -0.05) is 24.1 Å². The fourth-order valence-corrected chi connectivity index (χ4v) is 4.58. The number of pyridine rings is 1. The topological polar surface area (TPSA) is 115 Å². The molecule has 3 aromatic rings. The molecule has 1 saturated heterocycles. The molecule has 1 aliphatic rings. The van der Waals surface area contributed by atoms with E-state index in [-0.39, 0.29) is 34.8 Å². The second kappa shape index (κ2) is 10.4. The number of hydrogen-bond acceptors (Lipinski definition) is 6. The molecule has 2 amide bonds. The number of ether oxygens (including phenoxy) is 1. The summed E-state index contributed by atoms with van der Waals surface area (Å²) in [5, 5.41) is 8.43. The van der Waals surface area contributed by atoms with Crippen LogP contribution in [-0.4, -0.2) is 64.8 Å². The molecule has 4 rings (SSSR count). The number of primary amides is 1. The van der Waals surface area contributed by atoms with E-state index >= 15 is 0 Å². The molecular formula is C25H24ClFN6O3. The van der Waals surface area contributed by atoms with Crippen LogP contribution in [0.15, 0.2) is 37.1 Å². The zero-order valence-electron chi connectivity index (χ0n) is 19.7. The third-order valence-corrected chi connectivity index (χ3v) is 6.21. The summed E-state index contributed by atoms with van der Waals surface area (Å²) >= 11 is 5.94. The average Bonchev–Trinajstić information content (AvgIpc) is 3.43. The van der Waals surface area contributed by atoms with Crippen LogP contribution in [0.1, 0.15) is 34.1 Å². The van der Waals surface area contributed by atoms with Crippen LogP contribution in [0, 0.1) is 17.7 Å². The molecule has 186 valence electrons. The van der Waals surface area contributed by atoms with Gasteiger partial charge >= 0.3 is 0 Å². The van der Waals surface area contributed by atoms with Crippen molar-refractivity contribution in [2.45, 2.75) is 18.5 Å². The van der Waals surface area contributed by atoms with Crippen LogP contribution in [0.5, 0.6) is 0 Å². The van der Waals surface area contributed by atoms with Crippen LogP contribution < -0.4 is 11.1 Å². The maximum absolute atomic E-state index is 14.7. The molecule has 2 aromatic heterocycles. The molecule has 2 atom stereocenters. The molecule has 0 bridgehead atoms. The summed E-state index contributed by atoms with van der Waals surface area (Å²) in [6, 6.07) is 3.92. The molecule has 0 spiro atoms. The summed E-state index contributed by atoms with van der Waals surface area (Å²) in [6.07, 6.45) is 3.24. The molecule has 1 aromatic carbocycles. The number of nitrogens with one attached hydrogen (secondary N) is 1. The van der Waals surface area contributed by atoms with E-state index in [9.17, 15) is 14.0 Å². The quantitative estimate of drug-likeness (QED) is 0.389. The number of hydrogen-bond donors (Lipinski definition) is 2. The maximum atomic E-state index is 14.7. The van der Waals surface area contributed by atoms with Gasteiger partial charge in [-0.05, 0) is 36.6 Å². The Bertz CT molecular complexity index is 1430. The van der Waals surface area contributed by atoms with Crippen LogP contribution in [0.25, 0.3) is 10.9 Å². The minimum absolute atomic E-state index is 0.0768. The number of rotatable bonds is 6. The van der Waals surface area contributed by atoms with Gasteiger partial charge in [-0.3, -0.25) is 14.6 Å². The minimum Gasteiger partial charge on any atom is -0.383 e. The fraction of sp³-hybridized carbons (Fsp3) is 0.280. The first-order valence-corrected chi connectivity index (χ1v) is 11.4. The Balaban J connectivity index is 1.75. The van der Waals surface area contributed by atoms with Gasteiger partial charge in [-0.15, -0.1) is 0 Å². The Morgan fingerprint density at radius 1 is 1.39 bits per heavy atom. The van der Waals surface area contributed by atoms with E-state index in [0.29, 0.717) is 41.3 Å². The van der Waals surface area contributed by atoms with Gasteiger partial charge in [-0.25, -0.2) is 9.07 Å². The Morgan fingerprint density at radius 2 is 2.17 bits per heavy atom. The monoisotopic (exact) mass is 510 g/mol. The largest absolute Gasteiger partial charge is 0.383 e. The zero-order chi connectivity index (χ0) is 26.0. The number of likely N-dealkylation sites (tertiary alicyclic amines) is 1. The lowest BCUT2D eigenvalue weighted by Gasteiger charge is -2.22. The SMILES string of the molecule is C=CC(=O)N1C[C@@H](n2nc(C#Cc3cc4ncc(Cl)cc4cc3F)c(C(N)=O)c2NC)C[C@@H]1COC. The van der Waals surface area contributed by atoms with E-state index in [1.807, 2.05) is 0 Å². The van der Waals surface area contributed by atoms with Gasteiger partial charge < -0.3 is 20.7 Å². The second-order valence-corrected chi connectivity index (χ2v) is 8.69. The number of anilines is 1. The summed E-state index contributed by atoms with van der Waals surface area (Å²) in [7, 11) is 3.19. The highest BCUT2D eigenvalue weighted by atomic mass is 35.5. The smallest absolute Gasteiger partial charge is 0.255 e. The molecule has 9 nitrogen and oxygen atoms in total. The summed E-state index contributed by atoms with van der Waals surface area (Å²) in [4.78, 5) is 30.6. The second-order valence-electron chi connectivity index (χ2n) is 8.25. The van der Waals surface area contributed by atoms with Crippen LogP contribution in [0.2, 0.25) is 5.02 Å². The summed E-state index contributed by atoms with van der Waals surface area (Å²) in [5.74, 6) is 4.36. The third kappa shape index (κ3) is 4.76. The summed E-state index contributed by atoms with van der Waals surface area (Å²) < 4.78 is 21.6. The van der Waals surface area contributed by atoms with Gasteiger partial charge in [0.25, 0.3) is 5.91 Å². The molecule has 3 N–H and O–H groups in total. The van der Waals surface area contributed by atoms with Gasteiger partial charge in [-0.2, -0.15) is 5.10 Å². The minimum atomic E-state index is -0.740. The standard InChI is InChI=1S/C25H24ClFN6O3/c1-4-22(34)32-12-17(10-18(32)13-36-3)33-25(29-2)23(24(28)35)20(31-33)6-5-14-9-21-15(8-19(14)27)7-16(26)11-30-21/h4,7-9,11,17-18,29H,1,10,12-13H2,2-3H3,(H2,28,35)/t17-,18+/m0/s1. The highest BCUT2D eigenvalue weighted by molar-refractivity contribution is 6.31. The van der Waals surface area contributed by atoms with Crippen molar-refractivity contribution >= 4 is 40.1 Å². The van der Waals surface area contributed by atoms with Crippen molar-refractivity contribution in [3.05, 3.63) is 64.7 Å². The number of fused-ring (bicyclic) bond motifs is 1. The van der Waals surface area contributed by atoms with Gasteiger partial charge in [0.15, 0.2) is 5.69 Å². The number of nitrogens with two attached hydrogens (primary N) is 1. The van der Waals surface area contributed by atoms with Crippen molar-refractivity contribution in [1.29, 1.82) is 0 Å². The lowest BCUT2D eigenvalue weighted by molar-refractivity contribution is -0.127. The molecule has 0 unspecified atom stereocenters. The number of amides is 2. The van der Waals surface area contributed by atoms with E-state index in [4.69, 9.17) is 22.1 Å². The van der Waals surface area contributed by atoms with Gasteiger partial charge in [0.2, 0.25) is 5.91 Å². The molecule has 36 heavy (non-hydrogen) atoms. The molecule has 0 saturated carbocycles. The van der Waals surface area contributed by atoms with E-state index in [1.54, 1.807) is 29.8 Å². The molecule has 0 radical (unpaired) electrons. The van der Waals surface area contributed by atoms with E-state index in [0.717, 1.165) is 0 Å². The Hall–Kier alpha value is -3.94. The van der Waals surface area contributed by atoms with E-state index < -0.39 is 11.7 Å². The van der Waals surface area contributed by atoms with Crippen LogP contribution >= 0.6 is 11.6 Å². The molecule has 3 heterocycles. The van der Waals surface area contributed by atoms with E-state index in [1.165, 1.54) is 24.4 Å². The van der Waals surface area contributed by atoms with Crippen molar-refractivity contribution < 1.29 is 18.7 Å². The molecular weight excluding hydrogens is 487 g/mol. The lowest BCUT2D eigenvalue weighted by atomic mass is 10.1. The van der Waals surface area contributed by atoms with Crippen LogP contribution in [-0.2, 0) is 9.53 Å². The predicted octanol–water partition coefficient (Wildman–Crippen LogP) is 2.74. The highest BCUT2D eigenvalue weighted by Gasteiger charge is 2.37. The summed E-state index contributed by atoms with van der Waals surface area (Å²) in [6.45, 7) is 4.23. The first-order chi connectivity index (χ1) is 17.3. The first kappa shape index (κ1) is 25.2. The number of carbonyl (C=O) groups excluding carboxylic acids is 2. The van der Waals surface area contributed by atoms with Crippen molar-refractivity contribution in [2.24, 2.45) is 5.73 Å². The van der Waals surface area contributed by atoms with Gasteiger partial charge in [0.05, 0.1) is 34.8 Å². The number of methoxy groups -OCH3 is 1. The third-order valence-electron chi connectivity index (χ3n) is 6.00. The number of carbonyl (C=O) groups is 2. The highest BCUT2D eigenvalue weighted by Crippen LogP contribution is 2.32. The fourth-order valence-electron chi connectivity index (χ4n) is 4.41. The Kier molecular flexibility index (Phi) is 7.24. The molecule has 1 fully saturated rings. The van der Waals surface area contributed by atoms with Gasteiger partial charge in [0, 0.05) is 32.3 Å². The summed E-state index contributed by atoms with van der Waals surface area (Å²) in [5.41, 5.74) is 6.43. The zero-order valence-corrected chi connectivity index (χ0v) is 20.5. The Labute approximate surface area is 212 Å². The number of nitrogens with zero attached hydrogens (tertiary/aromatic N) is 4. The molecule has 1 aliphatic heterocycles.